The molecule has 0 heterocycles. The molecule has 1 rings (SSSR count). The van der Waals surface area contributed by atoms with E-state index in [0.717, 1.165) is 5.56 Å². The van der Waals surface area contributed by atoms with Gasteiger partial charge in [0.1, 0.15) is 0 Å². The molecule has 0 aliphatic heterocycles. The summed E-state index contributed by atoms with van der Waals surface area (Å²) in [5, 5.41) is 2.72. The highest BCUT2D eigenvalue weighted by Crippen LogP contribution is 1.96. The van der Waals surface area contributed by atoms with Crippen LogP contribution >= 0.6 is 12.4 Å². The van der Waals surface area contributed by atoms with Gasteiger partial charge in [-0.2, -0.15) is 0 Å². The van der Waals surface area contributed by atoms with Crippen LogP contribution in [0.15, 0.2) is 30.3 Å². The van der Waals surface area contributed by atoms with Crippen LogP contribution in [0.25, 0.3) is 0 Å². The summed E-state index contributed by atoms with van der Waals surface area (Å²) in [5.74, 6) is 0.00820. The average molecular weight is 186 g/mol. The monoisotopic (exact) mass is 185 g/mol. The minimum atomic E-state index is 0. The van der Waals surface area contributed by atoms with E-state index in [1.54, 1.807) is 0 Å². The van der Waals surface area contributed by atoms with Gasteiger partial charge >= 0.3 is 0 Å². The Hall–Kier alpha value is -1.02. The van der Waals surface area contributed by atoms with Gasteiger partial charge in [-0.25, -0.2) is 0 Å². The molecule has 0 aliphatic rings. The summed E-state index contributed by atoms with van der Waals surface area (Å²) in [6, 6.07) is 9.83. The van der Waals surface area contributed by atoms with E-state index in [9.17, 15) is 4.79 Å². The Kier molecular flexibility index (Phi) is 5.13. The molecule has 1 N–H and O–H groups in total. The first-order valence-electron chi connectivity index (χ1n) is 3.57. The second kappa shape index (κ2) is 5.61. The Labute approximate surface area is 78.4 Å². The Balaban J connectivity index is 0.00000121. The molecule has 1 amide bonds. The molecule has 1 aromatic rings. The molecule has 0 atom stereocenters. The van der Waals surface area contributed by atoms with Crippen molar-refractivity contribution >= 4 is 18.3 Å². The number of halogens is 1. The molecule has 0 aliphatic carbocycles. The van der Waals surface area contributed by atoms with Crippen molar-refractivity contribution in [2.45, 2.75) is 13.5 Å². The quantitative estimate of drug-likeness (QED) is 0.748. The van der Waals surface area contributed by atoms with E-state index in [1.165, 1.54) is 6.92 Å². The number of nitrogens with one attached hydrogen (secondary N) is 1. The van der Waals surface area contributed by atoms with Crippen molar-refractivity contribution in [3.05, 3.63) is 35.9 Å². The molecule has 3 heteroatoms. The van der Waals surface area contributed by atoms with Gasteiger partial charge in [0, 0.05) is 13.5 Å². The summed E-state index contributed by atoms with van der Waals surface area (Å²) < 4.78 is 0. The zero-order valence-electron chi connectivity index (χ0n) is 6.91. The fraction of sp³-hybridized carbons (Fsp3) is 0.222. The first kappa shape index (κ1) is 11.0. The van der Waals surface area contributed by atoms with E-state index in [4.69, 9.17) is 0 Å². The first-order chi connectivity index (χ1) is 5.29. The zero-order valence-corrected chi connectivity index (χ0v) is 7.73. The minimum Gasteiger partial charge on any atom is -0.352 e. The lowest BCUT2D eigenvalue weighted by Gasteiger charge is -2.00. The van der Waals surface area contributed by atoms with E-state index in [-0.39, 0.29) is 18.3 Å². The van der Waals surface area contributed by atoms with Crippen molar-refractivity contribution in [1.29, 1.82) is 0 Å². The van der Waals surface area contributed by atoms with E-state index in [1.807, 2.05) is 30.3 Å². The maximum absolute atomic E-state index is 10.5. The zero-order chi connectivity index (χ0) is 8.10. The van der Waals surface area contributed by atoms with Crippen LogP contribution in [0.2, 0.25) is 0 Å². The first-order valence-corrected chi connectivity index (χ1v) is 3.57. The second-order valence-corrected chi connectivity index (χ2v) is 2.40. The Bertz CT molecular complexity index is 236. The lowest BCUT2D eigenvalue weighted by Crippen LogP contribution is -2.18. The maximum Gasteiger partial charge on any atom is 0.217 e. The molecule has 0 saturated carbocycles. The van der Waals surface area contributed by atoms with Crippen molar-refractivity contribution in [2.24, 2.45) is 0 Å². The maximum atomic E-state index is 10.5. The highest BCUT2D eigenvalue weighted by atomic mass is 35.5. The SMILES string of the molecule is CC(=O)NCc1ccccc1.Cl. The minimum absolute atomic E-state index is 0. The molecule has 0 bridgehead atoms. The van der Waals surface area contributed by atoms with Gasteiger partial charge in [-0.05, 0) is 5.56 Å². The molecule has 0 saturated heterocycles. The van der Waals surface area contributed by atoms with Crippen molar-refractivity contribution in [3.8, 4) is 0 Å². The van der Waals surface area contributed by atoms with Gasteiger partial charge in [-0.3, -0.25) is 4.79 Å². The van der Waals surface area contributed by atoms with E-state index in [0.29, 0.717) is 6.54 Å². The van der Waals surface area contributed by atoms with Crippen LogP contribution in [0.3, 0.4) is 0 Å². The number of rotatable bonds is 2. The van der Waals surface area contributed by atoms with Crippen LogP contribution in [0.1, 0.15) is 12.5 Å². The van der Waals surface area contributed by atoms with Crippen molar-refractivity contribution < 1.29 is 4.79 Å². The van der Waals surface area contributed by atoms with E-state index >= 15 is 0 Å². The standard InChI is InChI=1S/C9H11NO.ClH/c1-8(11)10-7-9-5-3-2-4-6-9;/h2-6H,7H2,1H3,(H,10,11);1H. The van der Waals surface area contributed by atoms with Crippen molar-refractivity contribution in [1.82, 2.24) is 5.32 Å². The fourth-order valence-corrected chi connectivity index (χ4v) is 0.822. The summed E-state index contributed by atoms with van der Waals surface area (Å²) in [6.45, 7) is 2.14. The largest absolute Gasteiger partial charge is 0.352 e. The Morgan fingerprint density at radius 2 is 1.92 bits per heavy atom. The molecule has 0 spiro atoms. The molecule has 12 heavy (non-hydrogen) atoms. The van der Waals surface area contributed by atoms with Gasteiger partial charge in [0.05, 0.1) is 0 Å². The predicted molar refractivity (Wildman–Crippen MR) is 51.2 cm³/mol. The lowest BCUT2D eigenvalue weighted by molar-refractivity contribution is -0.119. The number of benzene rings is 1. The summed E-state index contributed by atoms with van der Waals surface area (Å²) in [7, 11) is 0. The van der Waals surface area contributed by atoms with E-state index in [2.05, 4.69) is 5.32 Å². The van der Waals surface area contributed by atoms with Crippen LogP contribution in [-0.2, 0) is 11.3 Å². The third kappa shape index (κ3) is 3.98. The summed E-state index contributed by atoms with van der Waals surface area (Å²) in [4.78, 5) is 10.5. The van der Waals surface area contributed by atoms with Crippen molar-refractivity contribution in [2.75, 3.05) is 0 Å². The highest BCUT2D eigenvalue weighted by molar-refractivity contribution is 5.85. The Morgan fingerprint density at radius 3 is 2.42 bits per heavy atom. The second-order valence-electron chi connectivity index (χ2n) is 2.40. The van der Waals surface area contributed by atoms with Crippen molar-refractivity contribution in [3.63, 3.8) is 0 Å². The third-order valence-electron chi connectivity index (χ3n) is 1.38. The molecule has 1 aromatic carbocycles. The average Bonchev–Trinajstić information content (AvgIpc) is 2.03. The number of hydrogen-bond donors (Lipinski definition) is 1. The molecule has 0 aromatic heterocycles. The molecular weight excluding hydrogens is 174 g/mol. The smallest absolute Gasteiger partial charge is 0.217 e. The predicted octanol–water partition coefficient (Wildman–Crippen LogP) is 1.74. The van der Waals surface area contributed by atoms with Gasteiger partial charge in [0.15, 0.2) is 0 Å². The third-order valence-corrected chi connectivity index (χ3v) is 1.38. The lowest BCUT2D eigenvalue weighted by atomic mass is 10.2. The van der Waals surface area contributed by atoms with Gasteiger partial charge in [0.25, 0.3) is 0 Å². The van der Waals surface area contributed by atoms with E-state index < -0.39 is 0 Å². The normalized spacial score (nSPS) is 8.42. The molecule has 0 unspecified atom stereocenters. The molecule has 0 fully saturated rings. The number of amides is 1. The van der Waals surface area contributed by atoms with Gasteiger partial charge in [-0.15, -0.1) is 12.4 Å². The van der Waals surface area contributed by atoms with Crippen LogP contribution in [0, 0.1) is 0 Å². The molecular formula is C9H12ClNO. The van der Waals surface area contributed by atoms with Crippen LogP contribution in [0.4, 0.5) is 0 Å². The topological polar surface area (TPSA) is 29.1 Å². The van der Waals surface area contributed by atoms with Gasteiger partial charge in [-0.1, -0.05) is 30.3 Å². The summed E-state index contributed by atoms with van der Waals surface area (Å²) in [5.41, 5.74) is 1.13. The van der Waals surface area contributed by atoms with Crippen LogP contribution in [-0.4, -0.2) is 5.91 Å². The summed E-state index contributed by atoms with van der Waals surface area (Å²) >= 11 is 0. The van der Waals surface area contributed by atoms with Gasteiger partial charge in [0.2, 0.25) is 5.91 Å². The Morgan fingerprint density at radius 1 is 1.33 bits per heavy atom. The highest BCUT2D eigenvalue weighted by Gasteiger charge is 1.91. The fourth-order valence-electron chi connectivity index (χ4n) is 0.822. The summed E-state index contributed by atoms with van der Waals surface area (Å²) in [6.07, 6.45) is 0. The molecule has 0 radical (unpaired) electrons. The molecule has 2 nitrogen and oxygen atoms in total. The van der Waals surface area contributed by atoms with Crippen LogP contribution < -0.4 is 5.32 Å². The van der Waals surface area contributed by atoms with Gasteiger partial charge < -0.3 is 5.32 Å². The number of hydrogen-bond acceptors (Lipinski definition) is 1. The van der Waals surface area contributed by atoms with Crippen LogP contribution in [0.5, 0.6) is 0 Å². The molecule has 66 valence electrons. The number of carbonyl (C=O) groups excluding carboxylic acids is 1. The number of carbonyl (C=O) groups is 1.